The Kier molecular flexibility index (Phi) is 10.3. The van der Waals surface area contributed by atoms with Crippen molar-refractivity contribution in [3.63, 3.8) is 0 Å². The molecule has 1 aromatic rings. The molecule has 4 heteroatoms. The van der Waals surface area contributed by atoms with Crippen LogP contribution in [0, 0.1) is 13.5 Å². The van der Waals surface area contributed by atoms with Gasteiger partial charge in [-0.2, -0.15) is 34.9 Å². The van der Waals surface area contributed by atoms with Crippen LogP contribution >= 0.6 is 0 Å². The van der Waals surface area contributed by atoms with Crippen LogP contribution in [0.1, 0.15) is 30.5 Å². The first-order valence-corrected chi connectivity index (χ1v) is 5.33. The van der Waals surface area contributed by atoms with Crippen molar-refractivity contribution in [2.75, 3.05) is 7.05 Å². The second-order valence-corrected chi connectivity index (χ2v) is 3.65. The quantitative estimate of drug-likeness (QED) is 0.676. The van der Waals surface area contributed by atoms with Gasteiger partial charge < -0.3 is 12.7 Å². The molecule has 0 saturated heterocycles. The minimum absolute atomic E-state index is 0. The Bertz CT molecular complexity index is 416. The van der Waals surface area contributed by atoms with Gasteiger partial charge in [0.2, 0.25) is 5.78 Å². The molecule has 0 bridgehead atoms. The number of benzene rings is 1. The van der Waals surface area contributed by atoms with E-state index in [9.17, 15) is 9.59 Å². The van der Waals surface area contributed by atoms with Gasteiger partial charge in [0.25, 0.3) is 5.91 Å². The zero-order chi connectivity index (χ0) is 12.1. The van der Waals surface area contributed by atoms with Gasteiger partial charge in [0.1, 0.15) is 0 Å². The fraction of sp³-hybridized carbons (Fsp3) is 0.357. The molecule has 0 atom stereocenters. The van der Waals surface area contributed by atoms with E-state index in [2.05, 4.69) is 30.4 Å². The number of aryl methyl sites for hydroxylation is 1. The predicted molar refractivity (Wildman–Crippen MR) is 68.6 cm³/mol. The Morgan fingerprint density at radius 1 is 1.39 bits per heavy atom. The zero-order valence-corrected chi connectivity index (χ0v) is 14.3. The number of fused-ring (bicyclic) bond motifs is 1. The SMILES string of the molecule is CCc1c[c-]cc2c1C2.CNC(=O)C(C)=O.[CH3-].[Y]. The normalized spacial score (nSPS) is 9.50. The molecule has 1 aliphatic carbocycles. The third-order valence-corrected chi connectivity index (χ3v) is 2.46. The molecule has 0 saturated carbocycles. The van der Waals surface area contributed by atoms with Gasteiger partial charge in [-0.25, -0.2) is 0 Å². The monoisotopic (exact) mass is 322 g/mol. The van der Waals surface area contributed by atoms with Crippen molar-refractivity contribution in [2.45, 2.75) is 26.7 Å². The molecule has 97 valence electrons. The maximum absolute atomic E-state index is 10.1. The van der Waals surface area contributed by atoms with Crippen molar-refractivity contribution in [1.29, 1.82) is 0 Å². The maximum atomic E-state index is 10.1. The molecule has 1 amide bonds. The Balaban J connectivity index is 0. The van der Waals surface area contributed by atoms with Gasteiger partial charge in [0, 0.05) is 46.7 Å². The van der Waals surface area contributed by atoms with E-state index in [4.69, 9.17) is 0 Å². The van der Waals surface area contributed by atoms with Crippen LogP contribution in [0.4, 0.5) is 0 Å². The summed E-state index contributed by atoms with van der Waals surface area (Å²) in [7, 11) is 1.42. The van der Waals surface area contributed by atoms with Gasteiger partial charge >= 0.3 is 0 Å². The van der Waals surface area contributed by atoms with Crippen molar-refractivity contribution >= 4 is 11.7 Å². The molecule has 18 heavy (non-hydrogen) atoms. The smallest absolute Gasteiger partial charge is 0.286 e. The summed E-state index contributed by atoms with van der Waals surface area (Å²) >= 11 is 0. The standard InChI is InChI=1S/C9H9.C4H7NO2.CH3.Y/c1-2-7-4-3-5-8-6-9(7)8;1-3(6)4(7)5-2;;/h4-5H,2,6H2,1H3;1-2H3,(H,5,7);1H3;/q-1;;-1;. The summed E-state index contributed by atoms with van der Waals surface area (Å²) in [5.74, 6) is -0.998. The number of carbonyl (C=O) groups excluding carboxylic acids is 2. The summed E-state index contributed by atoms with van der Waals surface area (Å²) in [6.07, 6.45) is 2.40. The molecule has 1 radical (unpaired) electrons. The summed E-state index contributed by atoms with van der Waals surface area (Å²) in [5, 5.41) is 2.18. The van der Waals surface area contributed by atoms with Gasteiger partial charge in [-0.15, -0.1) is 0 Å². The van der Waals surface area contributed by atoms with E-state index < -0.39 is 11.7 Å². The molecule has 0 unspecified atom stereocenters. The van der Waals surface area contributed by atoms with E-state index in [1.165, 1.54) is 37.9 Å². The Labute approximate surface area is 135 Å². The average molecular weight is 322 g/mol. The topological polar surface area (TPSA) is 46.2 Å². The van der Waals surface area contributed by atoms with E-state index in [-0.39, 0.29) is 40.1 Å². The van der Waals surface area contributed by atoms with Crippen molar-refractivity contribution in [2.24, 2.45) is 0 Å². The van der Waals surface area contributed by atoms with E-state index in [0.717, 1.165) is 0 Å². The number of nitrogens with one attached hydrogen (secondary N) is 1. The number of likely N-dealkylation sites (N-methyl/N-ethyl adjacent to an activating group) is 1. The third-order valence-electron chi connectivity index (χ3n) is 2.46. The molecule has 0 heterocycles. The van der Waals surface area contributed by atoms with Gasteiger partial charge in [-0.3, -0.25) is 9.59 Å². The molecule has 0 spiro atoms. The summed E-state index contributed by atoms with van der Waals surface area (Å²) in [5.41, 5.74) is 4.58. The largest absolute Gasteiger partial charge is 0.358 e. The molecule has 0 aliphatic heterocycles. The minimum atomic E-state index is -0.542. The molecule has 1 aliphatic rings. The molecule has 2 rings (SSSR count). The number of hydrogen-bond donors (Lipinski definition) is 1. The van der Waals surface area contributed by atoms with Crippen LogP contribution in [0.3, 0.4) is 0 Å². The van der Waals surface area contributed by atoms with Crippen LogP contribution in [-0.4, -0.2) is 18.7 Å². The van der Waals surface area contributed by atoms with Gasteiger partial charge in [-0.1, -0.05) is 19.8 Å². The van der Waals surface area contributed by atoms with E-state index in [1.807, 2.05) is 0 Å². The Morgan fingerprint density at radius 3 is 2.33 bits per heavy atom. The third kappa shape index (κ3) is 5.88. The first-order chi connectivity index (χ1) is 7.60. The maximum Gasteiger partial charge on any atom is 0.286 e. The zero-order valence-electron chi connectivity index (χ0n) is 11.5. The van der Waals surface area contributed by atoms with Crippen molar-refractivity contribution in [3.8, 4) is 0 Å². The molecule has 0 aromatic heterocycles. The van der Waals surface area contributed by atoms with E-state index in [0.29, 0.717) is 0 Å². The molecular formula is C14H19NO2Y-2. The Morgan fingerprint density at radius 2 is 2.00 bits per heavy atom. The first kappa shape index (κ1) is 19.8. The van der Waals surface area contributed by atoms with Crippen LogP contribution < -0.4 is 5.32 Å². The van der Waals surface area contributed by atoms with Crippen LogP contribution in [0.15, 0.2) is 12.1 Å². The van der Waals surface area contributed by atoms with Crippen LogP contribution in [0.5, 0.6) is 0 Å². The predicted octanol–water partition coefficient (Wildman–Crippen LogP) is 1.72. The van der Waals surface area contributed by atoms with Crippen molar-refractivity contribution in [3.05, 3.63) is 42.3 Å². The molecule has 1 aromatic carbocycles. The number of amides is 1. The fourth-order valence-corrected chi connectivity index (χ4v) is 1.43. The Hall–Kier alpha value is -0.536. The van der Waals surface area contributed by atoms with E-state index in [1.54, 1.807) is 5.56 Å². The van der Waals surface area contributed by atoms with Crippen molar-refractivity contribution in [1.82, 2.24) is 5.32 Å². The average Bonchev–Trinajstić information content (AvgIpc) is 3.07. The second kappa shape index (κ2) is 9.40. The number of Topliss-reactive ketones (excluding diaryl/α,β-unsaturated/α-hetero) is 1. The van der Waals surface area contributed by atoms with E-state index >= 15 is 0 Å². The van der Waals surface area contributed by atoms with Gasteiger partial charge in [0.05, 0.1) is 0 Å². The number of ketones is 1. The number of rotatable bonds is 2. The molecule has 0 fully saturated rings. The summed E-state index contributed by atoms with van der Waals surface area (Å²) in [4.78, 5) is 20.0. The second-order valence-electron chi connectivity index (χ2n) is 3.65. The van der Waals surface area contributed by atoms with Gasteiger partial charge in [0.15, 0.2) is 0 Å². The molecular weight excluding hydrogens is 303 g/mol. The van der Waals surface area contributed by atoms with Gasteiger partial charge in [-0.05, 0) is 0 Å². The fourth-order valence-electron chi connectivity index (χ4n) is 1.43. The summed E-state index contributed by atoms with van der Waals surface area (Å²) < 4.78 is 0. The van der Waals surface area contributed by atoms with Crippen LogP contribution in [0.25, 0.3) is 0 Å². The summed E-state index contributed by atoms with van der Waals surface area (Å²) in [6, 6.07) is 7.33. The molecule has 3 nitrogen and oxygen atoms in total. The number of hydrogen-bond acceptors (Lipinski definition) is 2. The minimum Gasteiger partial charge on any atom is -0.358 e. The first-order valence-electron chi connectivity index (χ1n) is 5.33. The van der Waals surface area contributed by atoms with Crippen molar-refractivity contribution < 1.29 is 42.3 Å². The van der Waals surface area contributed by atoms with Crippen LogP contribution in [0.2, 0.25) is 0 Å². The molecule has 1 N–H and O–H groups in total. The summed E-state index contributed by atoms with van der Waals surface area (Å²) in [6.45, 7) is 3.42. The van der Waals surface area contributed by atoms with Crippen LogP contribution in [-0.2, 0) is 55.1 Å². The number of carbonyl (C=O) groups is 2.